The van der Waals surface area contributed by atoms with E-state index in [1.807, 2.05) is 0 Å². The highest BCUT2D eigenvalue weighted by atomic mass is 16.5. The zero-order chi connectivity index (χ0) is 26.1. The quantitative estimate of drug-likeness (QED) is 0.446. The largest absolute Gasteiger partial charge is 0.490 e. The Morgan fingerprint density at radius 3 is 2.71 bits per heavy atom. The van der Waals surface area contributed by atoms with Gasteiger partial charge in [0, 0.05) is 30.6 Å². The van der Waals surface area contributed by atoms with Gasteiger partial charge >= 0.3 is 0 Å². The summed E-state index contributed by atoms with van der Waals surface area (Å²) in [6, 6.07) is 4.51. The lowest BCUT2D eigenvalue weighted by Crippen LogP contribution is -2.78. The van der Waals surface area contributed by atoms with Gasteiger partial charge in [0.15, 0.2) is 11.5 Å². The third kappa shape index (κ3) is 3.54. The molecule has 6 atom stereocenters. The molecule has 208 valence electrons. The predicted molar refractivity (Wildman–Crippen MR) is 147 cm³/mol. The van der Waals surface area contributed by atoms with E-state index in [1.54, 1.807) is 0 Å². The minimum Gasteiger partial charge on any atom is -0.490 e. The molecule has 4 fully saturated rings. The highest BCUT2D eigenvalue weighted by Crippen LogP contribution is 2.66. The topological polar surface area (TPSA) is 62.2 Å². The average Bonchev–Trinajstić information content (AvgIpc) is 3.56. The first-order valence-electron chi connectivity index (χ1n) is 15.7. The third-order valence-corrected chi connectivity index (χ3v) is 11.1. The molecule has 0 aromatic heterocycles. The van der Waals surface area contributed by atoms with Crippen LogP contribution in [0.25, 0.3) is 0 Å². The van der Waals surface area contributed by atoms with Crippen molar-refractivity contribution < 1.29 is 19.4 Å². The first kappa shape index (κ1) is 25.2. The molecule has 3 aliphatic carbocycles. The Morgan fingerprint density at radius 2 is 1.92 bits per heavy atom. The van der Waals surface area contributed by atoms with E-state index >= 15 is 0 Å². The Morgan fingerprint density at radius 1 is 1.08 bits per heavy atom. The van der Waals surface area contributed by atoms with Crippen LogP contribution in [0.1, 0.15) is 95.6 Å². The summed E-state index contributed by atoms with van der Waals surface area (Å²) in [7, 11) is 0. The average molecular weight is 523 g/mol. The Bertz CT molecular complexity index is 1090. The summed E-state index contributed by atoms with van der Waals surface area (Å²) in [6.45, 7) is 8.01. The minimum atomic E-state index is -0.827. The number of hydrogen-bond donors (Lipinski definition) is 1. The van der Waals surface area contributed by atoms with E-state index in [0.29, 0.717) is 12.5 Å². The maximum Gasteiger partial charge on any atom is 0.226 e. The molecule has 6 aliphatic rings. The molecule has 3 aliphatic heterocycles. The smallest absolute Gasteiger partial charge is 0.226 e. The number of rotatable bonds is 10. The van der Waals surface area contributed by atoms with E-state index < -0.39 is 11.0 Å². The van der Waals surface area contributed by atoms with Gasteiger partial charge in [0.25, 0.3) is 0 Å². The molecule has 3 heterocycles. The van der Waals surface area contributed by atoms with Gasteiger partial charge in [-0.05, 0) is 81.9 Å². The van der Waals surface area contributed by atoms with Gasteiger partial charge in [-0.1, -0.05) is 39.2 Å². The molecule has 1 N–H and O–H groups in total. The van der Waals surface area contributed by atoms with E-state index in [1.165, 1.54) is 24.0 Å². The number of unbranched alkanes of at least 4 members (excludes halogenated alkanes) is 2. The fourth-order valence-electron chi connectivity index (χ4n) is 9.01. The normalized spacial score (nSPS) is 37.3. The molecule has 1 unspecified atom stereocenters. The standard InChI is InChI=1S/C32H46N2O4/c1-3-5-7-22-13-16-34(30(22)35)24-12-14-32(36)26-19-23-10-11-25(37-18-6-4-2)28-27(23)31(32,29(24)38-28)15-17-33(26)20-21-8-9-21/h10-11,21-22,24,26,29,36H,3-9,12-20H2,1-2H3/t22?,24-,26+,29-,31-,32+/m0/s1. The van der Waals surface area contributed by atoms with Crippen molar-refractivity contribution in [3.8, 4) is 11.5 Å². The van der Waals surface area contributed by atoms with Gasteiger partial charge in [0.2, 0.25) is 5.91 Å². The molecule has 1 aromatic carbocycles. The molecule has 2 saturated heterocycles. The molecule has 2 bridgehead atoms. The predicted octanol–water partition coefficient (Wildman–Crippen LogP) is 4.84. The second kappa shape index (κ2) is 9.40. The molecule has 1 spiro atoms. The number of carbonyl (C=O) groups is 1. The monoisotopic (exact) mass is 522 g/mol. The van der Waals surface area contributed by atoms with Crippen LogP contribution >= 0.6 is 0 Å². The molecule has 1 amide bonds. The zero-order valence-electron chi connectivity index (χ0n) is 23.4. The highest BCUT2D eigenvalue weighted by Gasteiger charge is 2.73. The van der Waals surface area contributed by atoms with Gasteiger partial charge in [-0.2, -0.15) is 0 Å². The number of hydrogen-bond acceptors (Lipinski definition) is 5. The van der Waals surface area contributed by atoms with Gasteiger partial charge < -0.3 is 19.5 Å². The van der Waals surface area contributed by atoms with Crippen LogP contribution in [0.2, 0.25) is 0 Å². The van der Waals surface area contributed by atoms with Gasteiger partial charge in [0.05, 0.1) is 23.7 Å². The van der Waals surface area contributed by atoms with Crippen molar-refractivity contribution in [3.05, 3.63) is 23.3 Å². The van der Waals surface area contributed by atoms with Crippen LogP contribution in [-0.4, -0.2) is 70.8 Å². The number of nitrogens with zero attached hydrogens (tertiary/aromatic N) is 2. The number of likely N-dealkylation sites (tertiary alicyclic amines) is 2. The van der Waals surface area contributed by atoms with Crippen molar-refractivity contribution in [3.63, 3.8) is 0 Å². The van der Waals surface area contributed by atoms with Crippen molar-refractivity contribution in [2.24, 2.45) is 11.8 Å². The zero-order valence-corrected chi connectivity index (χ0v) is 23.4. The summed E-state index contributed by atoms with van der Waals surface area (Å²) < 4.78 is 13.3. The third-order valence-electron chi connectivity index (χ3n) is 11.1. The molecular formula is C32H46N2O4. The van der Waals surface area contributed by atoms with Crippen LogP contribution in [-0.2, 0) is 16.6 Å². The fourth-order valence-corrected chi connectivity index (χ4v) is 9.01. The first-order valence-corrected chi connectivity index (χ1v) is 15.7. The Balaban J connectivity index is 1.28. The van der Waals surface area contributed by atoms with Gasteiger partial charge in [-0.15, -0.1) is 0 Å². The maximum atomic E-state index is 13.7. The number of ether oxygens (including phenoxy) is 2. The molecule has 7 rings (SSSR count). The van der Waals surface area contributed by atoms with Crippen LogP contribution in [0, 0.1) is 11.8 Å². The lowest BCUT2D eigenvalue weighted by molar-refractivity contribution is -0.201. The van der Waals surface area contributed by atoms with Crippen molar-refractivity contribution >= 4 is 5.91 Å². The van der Waals surface area contributed by atoms with E-state index in [9.17, 15) is 9.90 Å². The summed E-state index contributed by atoms with van der Waals surface area (Å²) in [5, 5.41) is 12.8. The van der Waals surface area contributed by atoms with Crippen molar-refractivity contribution in [2.45, 2.75) is 120 Å². The summed E-state index contributed by atoms with van der Waals surface area (Å²) in [4.78, 5) is 18.5. The molecule has 1 aromatic rings. The van der Waals surface area contributed by atoms with Crippen molar-refractivity contribution in [2.75, 3.05) is 26.2 Å². The Labute approximate surface area is 228 Å². The number of carbonyl (C=O) groups excluding carboxylic acids is 1. The first-order chi connectivity index (χ1) is 18.5. The van der Waals surface area contributed by atoms with E-state index in [2.05, 4.69) is 35.8 Å². The molecular weight excluding hydrogens is 476 g/mol. The van der Waals surface area contributed by atoms with Crippen molar-refractivity contribution in [1.82, 2.24) is 9.80 Å². The fraction of sp³-hybridized carbons (Fsp3) is 0.781. The van der Waals surface area contributed by atoms with Crippen LogP contribution < -0.4 is 9.47 Å². The molecule has 6 nitrogen and oxygen atoms in total. The van der Waals surface area contributed by atoms with Crippen LogP contribution in [0.3, 0.4) is 0 Å². The van der Waals surface area contributed by atoms with Crippen LogP contribution in [0.15, 0.2) is 12.1 Å². The SMILES string of the molecule is CCCCOc1ccc2c3c1O[C@H]1[C@@H](N4CCC(CCCC)C4=O)CC[C@@]4(O)[C@@H](C2)N(CC2CC2)CC[C@]314. The second-order valence-corrected chi connectivity index (χ2v) is 13.2. The van der Waals surface area contributed by atoms with E-state index in [4.69, 9.17) is 9.47 Å². The Hall–Kier alpha value is -1.79. The summed E-state index contributed by atoms with van der Waals surface area (Å²) >= 11 is 0. The van der Waals surface area contributed by atoms with Gasteiger partial charge in [-0.25, -0.2) is 0 Å². The summed E-state index contributed by atoms with van der Waals surface area (Å²) in [6.07, 6.45) is 12.1. The molecule has 0 radical (unpaired) electrons. The molecule has 38 heavy (non-hydrogen) atoms. The number of benzene rings is 1. The highest BCUT2D eigenvalue weighted by molar-refractivity contribution is 5.81. The number of piperidine rings is 1. The number of amides is 1. The molecule has 2 saturated carbocycles. The minimum absolute atomic E-state index is 0.0203. The van der Waals surface area contributed by atoms with Gasteiger partial charge in [0.1, 0.15) is 6.10 Å². The lowest BCUT2D eigenvalue weighted by atomic mass is 9.48. The van der Waals surface area contributed by atoms with Crippen LogP contribution in [0.5, 0.6) is 11.5 Å². The van der Waals surface area contributed by atoms with Crippen molar-refractivity contribution in [1.29, 1.82) is 0 Å². The van der Waals surface area contributed by atoms with E-state index in [0.717, 1.165) is 101 Å². The summed E-state index contributed by atoms with van der Waals surface area (Å²) in [5.41, 5.74) is 1.26. The molecule has 6 heteroatoms. The van der Waals surface area contributed by atoms with E-state index in [-0.39, 0.29) is 24.1 Å². The maximum absolute atomic E-state index is 13.7. The summed E-state index contributed by atoms with van der Waals surface area (Å²) in [5.74, 6) is 2.97. The number of aliphatic hydroxyl groups is 1. The second-order valence-electron chi connectivity index (χ2n) is 13.2. The lowest BCUT2D eigenvalue weighted by Gasteiger charge is -2.64. The Kier molecular flexibility index (Phi) is 6.23. The van der Waals surface area contributed by atoms with Crippen LogP contribution in [0.4, 0.5) is 0 Å². The van der Waals surface area contributed by atoms with Gasteiger partial charge in [-0.3, -0.25) is 9.69 Å².